The molecular formula is C17H32BrNO. The number of halogens is 1. The topological polar surface area (TPSA) is 12.5 Å². The van der Waals surface area contributed by atoms with Crippen molar-refractivity contribution in [3.05, 3.63) is 0 Å². The van der Waals surface area contributed by atoms with Gasteiger partial charge in [0.2, 0.25) is 0 Å². The summed E-state index contributed by atoms with van der Waals surface area (Å²) < 4.78 is 5.95. The van der Waals surface area contributed by atoms with Crippen LogP contribution in [0.1, 0.15) is 70.6 Å². The third-order valence-electron chi connectivity index (χ3n) is 4.93. The Morgan fingerprint density at radius 3 is 2.40 bits per heavy atom. The lowest BCUT2D eigenvalue weighted by Gasteiger charge is -2.43. The third kappa shape index (κ3) is 5.65. The number of fused-ring (bicyclic) bond motifs is 1. The van der Waals surface area contributed by atoms with Crippen molar-refractivity contribution in [1.82, 2.24) is 4.90 Å². The Bertz CT molecular complexity index is 247. The van der Waals surface area contributed by atoms with Crippen molar-refractivity contribution in [2.75, 3.05) is 25.0 Å². The van der Waals surface area contributed by atoms with Crippen LogP contribution in [0.25, 0.3) is 0 Å². The average molecular weight is 346 g/mol. The SMILES string of the molecule is BrCCCCCCCCCN1CCOC2CCCCC21. The van der Waals surface area contributed by atoms with Gasteiger partial charge in [-0.3, -0.25) is 4.90 Å². The minimum absolute atomic E-state index is 0.557. The van der Waals surface area contributed by atoms with E-state index in [2.05, 4.69) is 20.8 Å². The van der Waals surface area contributed by atoms with Gasteiger partial charge in [0.05, 0.1) is 12.7 Å². The van der Waals surface area contributed by atoms with Crippen LogP contribution in [-0.4, -0.2) is 42.1 Å². The molecule has 0 aromatic heterocycles. The first-order valence-corrected chi connectivity index (χ1v) is 9.95. The van der Waals surface area contributed by atoms with E-state index in [-0.39, 0.29) is 0 Å². The quantitative estimate of drug-likeness (QED) is 0.441. The van der Waals surface area contributed by atoms with E-state index in [1.54, 1.807) is 0 Å². The van der Waals surface area contributed by atoms with Crippen molar-refractivity contribution in [2.24, 2.45) is 0 Å². The molecule has 2 fully saturated rings. The van der Waals surface area contributed by atoms with Crippen molar-refractivity contribution >= 4 is 15.9 Å². The summed E-state index contributed by atoms with van der Waals surface area (Å²) in [6.07, 6.45) is 15.9. The highest BCUT2D eigenvalue weighted by Gasteiger charge is 2.33. The number of hydrogen-bond acceptors (Lipinski definition) is 2. The first kappa shape index (κ1) is 16.8. The van der Waals surface area contributed by atoms with Gasteiger partial charge in [0, 0.05) is 17.9 Å². The van der Waals surface area contributed by atoms with Gasteiger partial charge < -0.3 is 4.74 Å². The van der Waals surface area contributed by atoms with Crippen LogP contribution in [-0.2, 0) is 4.74 Å². The van der Waals surface area contributed by atoms with Crippen LogP contribution >= 0.6 is 15.9 Å². The van der Waals surface area contributed by atoms with Gasteiger partial charge in [-0.1, -0.05) is 60.9 Å². The first-order chi connectivity index (χ1) is 9.92. The fraction of sp³-hybridized carbons (Fsp3) is 1.00. The van der Waals surface area contributed by atoms with E-state index in [1.807, 2.05) is 0 Å². The summed E-state index contributed by atoms with van der Waals surface area (Å²) in [6.45, 7) is 3.45. The molecule has 0 spiro atoms. The molecule has 3 heteroatoms. The lowest BCUT2D eigenvalue weighted by atomic mass is 9.90. The van der Waals surface area contributed by atoms with Crippen LogP contribution in [0.5, 0.6) is 0 Å². The maximum atomic E-state index is 5.95. The zero-order valence-corrected chi connectivity index (χ0v) is 14.6. The van der Waals surface area contributed by atoms with Gasteiger partial charge >= 0.3 is 0 Å². The second-order valence-electron chi connectivity index (χ2n) is 6.46. The summed E-state index contributed by atoms with van der Waals surface area (Å²) in [5.41, 5.74) is 0. The Morgan fingerprint density at radius 2 is 1.60 bits per heavy atom. The summed E-state index contributed by atoms with van der Waals surface area (Å²) in [6, 6.07) is 0.747. The van der Waals surface area contributed by atoms with Crippen molar-refractivity contribution in [3.8, 4) is 0 Å². The van der Waals surface area contributed by atoms with Gasteiger partial charge in [0.25, 0.3) is 0 Å². The smallest absolute Gasteiger partial charge is 0.0730 e. The maximum Gasteiger partial charge on any atom is 0.0730 e. The van der Waals surface area contributed by atoms with Gasteiger partial charge in [0.15, 0.2) is 0 Å². The summed E-state index contributed by atoms with van der Waals surface area (Å²) in [4.78, 5) is 2.73. The molecule has 118 valence electrons. The Kier molecular flexibility index (Phi) is 8.53. The van der Waals surface area contributed by atoms with E-state index in [0.29, 0.717) is 6.10 Å². The van der Waals surface area contributed by atoms with Gasteiger partial charge in [-0.15, -0.1) is 0 Å². The van der Waals surface area contributed by atoms with Crippen molar-refractivity contribution < 1.29 is 4.74 Å². The summed E-state index contributed by atoms with van der Waals surface area (Å²) >= 11 is 3.50. The minimum atomic E-state index is 0.557. The first-order valence-electron chi connectivity index (χ1n) is 8.83. The van der Waals surface area contributed by atoms with E-state index >= 15 is 0 Å². The molecule has 2 nitrogen and oxygen atoms in total. The molecule has 0 radical (unpaired) electrons. The van der Waals surface area contributed by atoms with Crippen LogP contribution in [0.4, 0.5) is 0 Å². The molecule has 1 heterocycles. The summed E-state index contributed by atoms with van der Waals surface area (Å²) in [5, 5.41) is 1.17. The van der Waals surface area contributed by atoms with Crippen LogP contribution in [0.15, 0.2) is 0 Å². The number of ether oxygens (including phenoxy) is 1. The predicted molar refractivity (Wildman–Crippen MR) is 89.7 cm³/mol. The van der Waals surface area contributed by atoms with Crippen LogP contribution < -0.4 is 0 Å². The van der Waals surface area contributed by atoms with Crippen LogP contribution in [0, 0.1) is 0 Å². The molecule has 0 N–H and O–H groups in total. The molecule has 0 aromatic carbocycles. The van der Waals surface area contributed by atoms with Gasteiger partial charge in [-0.05, 0) is 32.2 Å². The Hall–Kier alpha value is 0.400. The fourth-order valence-electron chi connectivity index (χ4n) is 3.75. The van der Waals surface area contributed by atoms with Crippen molar-refractivity contribution in [3.63, 3.8) is 0 Å². The molecule has 2 rings (SSSR count). The number of morpholine rings is 1. The van der Waals surface area contributed by atoms with Crippen LogP contribution in [0.3, 0.4) is 0 Å². The highest BCUT2D eigenvalue weighted by molar-refractivity contribution is 9.09. The summed E-state index contributed by atoms with van der Waals surface area (Å²) in [7, 11) is 0. The number of nitrogens with zero attached hydrogens (tertiary/aromatic N) is 1. The largest absolute Gasteiger partial charge is 0.375 e. The second-order valence-corrected chi connectivity index (χ2v) is 7.25. The van der Waals surface area contributed by atoms with E-state index in [1.165, 1.54) is 89.0 Å². The second kappa shape index (κ2) is 10.2. The summed E-state index contributed by atoms with van der Waals surface area (Å²) in [5.74, 6) is 0. The normalized spacial score (nSPS) is 27.4. The van der Waals surface area contributed by atoms with Crippen molar-refractivity contribution in [2.45, 2.75) is 82.8 Å². The fourth-order valence-corrected chi connectivity index (χ4v) is 4.14. The molecule has 0 amide bonds. The van der Waals surface area contributed by atoms with E-state index in [4.69, 9.17) is 4.74 Å². The number of rotatable bonds is 9. The van der Waals surface area contributed by atoms with Crippen molar-refractivity contribution in [1.29, 1.82) is 0 Å². The van der Waals surface area contributed by atoms with E-state index < -0.39 is 0 Å². The molecule has 0 aromatic rings. The molecule has 1 saturated heterocycles. The Balaban J connectivity index is 1.52. The highest BCUT2D eigenvalue weighted by atomic mass is 79.9. The lowest BCUT2D eigenvalue weighted by Crippen LogP contribution is -2.52. The highest BCUT2D eigenvalue weighted by Crippen LogP contribution is 2.28. The van der Waals surface area contributed by atoms with E-state index in [9.17, 15) is 0 Å². The number of unbranched alkanes of at least 4 members (excludes halogenated alkanes) is 6. The Labute approximate surface area is 133 Å². The molecule has 2 unspecified atom stereocenters. The average Bonchev–Trinajstić information content (AvgIpc) is 2.50. The molecule has 20 heavy (non-hydrogen) atoms. The maximum absolute atomic E-state index is 5.95. The lowest BCUT2D eigenvalue weighted by molar-refractivity contribution is -0.0882. The predicted octanol–water partition coefficient (Wildman–Crippen LogP) is 4.76. The molecule has 1 aliphatic carbocycles. The van der Waals surface area contributed by atoms with E-state index in [0.717, 1.165) is 12.6 Å². The zero-order valence-electron chi connectivity index (χ0n) is 13.0. The molecule has 2 aliphatic rings. The zero-order chi connectivity index (χ0) is 14.0. The molecule has 1 aliphatic heterocycles. The molecule has 0 bridgehead atoms. The number of alkyl halides is 1. The standard InChI is InChI=1S/C17H32BrNO/c18-12-8-4-2-1-3-5-9-13-19-14-15-20-17-11-7-6-10-16(17)19/h16-17H,1-15H2. The Morgan fingerprint density at radius 1 is 0.900 bits per heavy atom. The van der Waals surface area contributed by atoms with Gasteiger partial charge in [0.1, 0.15) is 0 Å². The van der Waals surface area contributed by atoms with Gasteiger partial charge in [-0.25, -0.2) is 0 Å². The third-order valence-corrected chi connectivity index (χ3v) is 5.49. The van der Waals surface area contributed by atoms with Gasteiger partial charge in [-0.2, -0.15) is 0 Å². The molecular weight excluding hydrogens is 314 g/mol. The van der Waals surface area contributed by atoms with Crippen LogP contribution in [0.2, 0.25) is 0 Å². The molecule has 2 atom stereocenters. The monoisotopic (exact) mass is 345 g/mol. The molecule has 1 saturated carbocycles. The number of hydrogen-bond donors (Lipinski definition) is 0. The minimum Gasteiger partial charge on any atom is -0.375 e.